The van der Waals surface area contributed by atoms with Crippen LogP contribution in [0.25, 0.3) is 11.3 Å². The Kier molecular flexibility index (Phi) is 10.1. The number of pyridine rings is 2. The quantitative estimate of drug-likeness (QED) is 0.283. The standard InChI is InChI=1S/C29H38ClN9O2/c1-20(16-41-17-28-36-38-39-37-28)34-22-7-5-21(6-8-22)13-23-14-24(25(30)15-32-23)26-3-2-4-27(35-26)33-19-29(18-31)9-11-40-12-10-29/h2-4,14-15,20-22,34H,5-13,16-17,19H2,1H3,(H,33,35)(H,36,37,38,39)/t20-,21?,22?/m0/s1. The van der Waals surface area contributed by atoms with Gasteiger partial charge < -0.3 is 20.1 Å². The van der Waals surface area contributed by atoms with Crippen LogP contribution in [0.1, 0.15) is 57.0 Å². The van der Waals surface area contributed by atoms with Crippen molar-refractivity contribution in [3.05, 3.63) is 47.0 Å². The van der Waals surface area contributed by atoms with Gasteiger partial charge in [-0.15, -0.1) is 10.2 Å². The first-order valence-corrected chi connectivity index (χ1v) is 14.8. The Labute approximate surface area is 245 Å². The third kappa shape index (κ3) is 8.20. The molecule has 4 heterocycles. The van der Waals surface area contributed by atoms with Gasteiger partial charge in [-0.1, -0.05) is 22.9 Å². The Bertz CT molecular complexity index is 1290. The Balaban J connectivity index is 1.11. The summed E-state index contributed by atoms with van der Waals surface area (Å²) < 4.78 is 11.2. The van der Waals surface area contributed by atoms with E-state index in [0.29, 0.717) is 55.8 Å². The molecule has 0 amide bonds. The number of ether oxygens (including phenoxy) is 2. The molecule has 3 aromatic heterocycles. The van der Waals surface area contributed by atoms with Gasteiger partial charge in [0, 0.05) is 49.3 Å². The number of halogens is 1. The predicted molar refractivity (Wildman–Crippen MR) is 155 cm³/mol. The molecule has 0 unspecified atom stereocenters. The van der Waals surface area contributed by atoms with Gasteiger partial charge in [0.05, 0.1) is 28.8 Å². The van der Waals surface area contributed by atoms with E-state index in [-0.39, 0.29) is 6.04 Å². The Morgan fingerprint density at radius 2 is 2.07 bits per heavy atom. The lowest BCUT2D eigenvalue weighted by atomic mass is 9.82. The number of nitrogens with one attached hydrogen (secondary N) is 3. The minimum atomic E-state index is -0.423. The highest BCUT2D eigenvalue weighted by molar-refractivity contribution is 6.33. The molecular weight excluding hydrogens is 542 g/mol. The number of anilines is 1. The number of rotatable bonds is 12. The van der Waals surface area contributed by atoms with E-state index in [1.54, 1.807) is 6.20 Å². The highest BCUT2D eigenvalue weighted by atomic mass is 35.5. The Morgan fingerprint density at radius 3 is 2.83 bits per heavy atom. The summed E-state index contributed by atoms with van der Waals surface area (Å²) in [5, 5.41) is 31.2. The van der Waals surface area contributed by atoms with Crippen LogP contribution >= 0.6 is 11.6 Å². The second kappa shape index (κ2) is 14.1. The molecule has 2 aliphatic rings. The molecule has 41 heavy (non-hydrogen) atoms. The summed E-state index contributed by atoms with van der Waals surface area (Å²) >= 11 is 6.59. The van der Waals surface area contributed by atoms with Crippen molar-refractivity contribution in [3.8, 4) is 17.3 Å². The van der Waals surface area contributed by atoms with Crippen LogP contribution in [0.2, 0.25) is 5.02 Å². The molecule has 12 heteroatoms. The average molecular weight is 580 g/mol. The maximum atomic E-state index is 9.76. The maximum Gasteiger partial charge on any atom is 0.200 e. The van der Waals surface area contributed by atoms with Gasteiger partial charge in [-0.25, -0.2) is 4.98 Å². The Morgan fingerprint density at radius 1 is 1.24 bits per heavy atom. The fourth-order valence-electron chi connectivity index (χ4n) is 5.67. The van der Waals surface area contributed by atoms with Crippen molar-refractivity contribution in [2.75, 3.05) is 31.7 Å². The second-order valence-corrected chi connectivity index (χ2v) is 11.7. The molecule has 5 rings (SSSR count). The van der Waals surface area contributed by atoms with E-state index in [0.717, 1.165) is 67.7 Å². The summed E-state index contributed by atoms with van der Waals surface area (Å²) in [5.41, 5.74) is 2.29. The van der Waals surface area contributed by atoms with Crippen LogP contribution in [-0.2, 0) is 22.5 Å². The molecule has 2 fully saturated rings. The molecule has 1 saturated heterocycles. The summed E-state index contributed by atoms with van der Waals surface area (Å²) in [6, 6.07) is 11.2. The zero-order valence-corrected chi connectivity index (χ0v) is 24.2. The smallest absolute Gasteiger partial charge is 0.200 e. The highest BCUT2D eigenvalue weighted by Gasteiger charge is 2.32. The number of H-pyrrole nitrogens is 1. The van der Waals surface area contributed by atoms with Crippen LogP contribution in [0.5, 0.6) is 0 Å². The van der Waals surface area contributed by atoms with Crippen LogP contribution < -0.4 is 10.6 Å². The zero-order chi connectivity index (χ0) is 28.5. The van der Waals surface area contributed by atoms with Crippen molar-refractivity contribution < 1.29 is 9.47 Å². The van der Waals surface area contributed by atoms with Crippen LogP contribution in [0.3, 0.4) is 0 Å². The maximum absolute atomic E-state index is 9.76. The molecule has 1 aliphatic carbocycles. The van der Waals surface area contributed by atoms with E-state index in [1.807, 2.05) is 18.2 Å². The van der Waals surface area contributed by atoms with Crippen LogP contribution in [0.15, 0.2) is 30.5 Å². The molecular formula is C29H38ClN9O2. The lowest BCUT2D eigenvalue weighted by Crippen LogP contribution is -2.41. The van der Waals surface area contributed by atoms with Crippen LogP contribution in [-0.4, -0.2) is 69.0 Å². The van der Waals surface area contributed by atoms with Crippen LogP contribution in [0.4, 0.5) is 5.82 Å². The van der Waals surface area contributed by atoms with E-state index >= 15 is 0 Å². The van der Waals surface area contributed by atoms with Crippen molar-refractivity contribution in [3.63, 3.8) is 0 Å². The third-order valence-electron chi connectivity index (χ3n) is 8.08. The van der Waals surface area contributed by atoms with Gasteiger partial charge in [-0.3, -0.25) is 4.98 Å². The van der Waals surface area contributed by atoms with E-state index in [2.05, 4.69) is 55.3 Å². The van der Waals surface area contributed by atoms with Gasteiger partial charge in [-0.05, 0) is 76.0 Å². The summed E-state index contributed by atoms with van der Waals surface area (Å²) in [5.74, 6) is 1.89. The number of hydrogen-bond acceptors (Lipinski definition) is 10. The van der Waals surface area contributed by atoms with Gasteiger partial charge in [0.25, 0.3) is 0 Å². The number of aromatic nitrogens is 6. The fourth-order valence-corrected chi connectivity index (χ4v) is 5.87. The van der Waals surface area contributed by atoms with Gasteiger partial charge in [0.2, 0.25) is 0 Å². The number of aromatic amines is 1. The largest absolute Gasteiger partial charge is 0.381 e. The minimum absolute atomic E-state index is 0.254. The van der Waals surface area contributed by atoms with Crippen LogP contribution in [0, 0.1) is 22.7 Å². The SMILES string of the molecule is C[C@@H](COCc1nn[nH]n1)NC1CCC(Cc2cc(-c3cccc(NCC4(C#N)CCOCC4)n3)c(Cl)cn2)CC1. The molecule has 1 aliphatic heterocycles. The Hall–Kier alpha value is -3.17. The van der Waals surface area contributed by atoms with Crippen molar-refractivity contribution in [2.24, 2.45) is 11.3 Å². The van der Waals surface area contributed by atoms with E-state index < -0.39 is 5.41 Å². The molecule has 11 nitrogen and oxygen atoms in total. The first-order valence-electron chi connectivity index (χ1n) is 14.4. The summed E-state index contributed by atoms with van der Waals surface area (Å²) in [6.45, 7) is 4.89. The molecule has 0 bridgehead atoms. The molecule has 1 atom stereocenters. The fraction of sp³-hybridized carbons (Fsp3) is 0.586. The van der Waals surface area contributed by atoms with Gasteiger partial charge in [0.1, 0.15) is 12.4 Å². The van der Waals surface area contributed by atoms with Crippen molar-refractivity contribution >= 4 is 17.4 Å². The average Bonchev–Trinajstić information content (AvgIpc) is 3.52. The third-order valence-corrected chi connectivity index (χ3v) is 8.39. The second-order valence-electron chi connectivity index (χ2n) is 11.3. The summed E-state index contributed by atoms with van der Waals surface area (Å²) in [4.78, 5) is 9.47. The van der Waals surface area contributed by atoms with Crippen molar-refractivity contribution in [1.82, 2.24) is 35.9 Å². The first-order chi connectivity index (χ1) is 20.0. The first kappa shape index (κ1) is 29.3. The summed E-state index contributed by atoms with van der Waals surface area (Å²) in [6.07, 6.45) is 8.68. The topological polar surface area (TPSA) is 147 Å². The lowest BCUT2D eigenvalue weighted by molar-refractivity contribution is 0.0455. The minimum Gasteiger partial charge on any atom is -0.381 e. The monoisotopic (exact) mass is 579 g/mol. The molecule has 3 aromatic rings. The number of nitrogens with zero attached hydrogens (tertiary/aromatic N) is 6. The molecule has 0 aromatic carbocycles. The van der Waals surface area contributed by atoms with E-state index in [9.17, 15) is 5.26 Å². The number of tetrazole rings is 1. The predicted octanol–water partition coefficient (Wildman–Crippen LogP) is 4.34. The molecule has 218 valence electrons. The van der Waals surface area contributed by atoms with Gasteiger partial charge in [0.15, 0.2) is 5.82 Å². The lowest BCUT2D eigenvalue weighted by Gasteiger charge is -2.31. The zero-order valence-electron chi connectivity index (χ0n) is 23.5. The molecule has 3 N–H and O–H groups in total. The van der Waals surface area contributed by atoms with Gasteiger partial charge >= 0.3 is 0 Å². The summed E-state index contributed by atoms with van der Waals surface area (Å²) in [7, 11) is 0. The van der Waals surface area contributed by atoms with E-state index in [4.69, 9.17) is 26.1 Å². The molecule has 0 radical (unpaired) electrons. The van der Waals surface area contributed by atoms with E-state index in [1.165, 1.54) is 0 Å². The van der Waals surface area contributed by atoms with Crippen molar-refractivity contribution in [2.45, 2.75) is 70.6 Å². The number of hydrogen-bond donors (Lipinski definition) is 3. The van der Waals surface area contributed by atoms with Gasteiger partial charge in [-0.2, -0.15) is 10.5 Å². The normalized spacial score (nSPS) is 21.2. The molecule has 1 saturated carbocycles. The molecule has 0 spiro atoms. The van der Waals surface area contributed by atoms with Crippen molar-refractivity contribution in [1.29, 1.82) is 5.26 Å². The highest BCUT2D eigenvalue weighted by Crippen LogP contribution is 2.32. The number of nitriles is 1.